The Bertz CT molecular complexity index is 755. The maximum absolute atomic E-state index is 12.8. The van der Waals surface area contributed by atoms with Crippen LogP contribution in [0, 0.1) is 5.92 Å². The molecule has 4 N–H and O–H groups in total. The van der Waals surface area contributed by atoms with Crippen LogP contribution in [-0.2, 0) is 11.2 Å². The first-order valence-electron chi connectivity index (χ1n) is 8.95. The molecule has 0 aliphatic heterocycles. The molecule has 28 heavy (non-hydrogen) atoms. The van der Waals surface area contributed by atoms with Gasteiger partial charge in [0.1, 0.15) is 17.9 Å². The van der Waals surface area contributed by atoms with E-state index in [0.717, 1.165) is 5.56 Å². The number of amides is 2. The van der Waals surface area contributed by atoms with Crippen LogP contribution in [-0.4, -0.2) is 49.6 Å². The highest BCUT2D eigenvalue weighted by Gasteiger charge is 2.27. The predicted molar refractivity (Wildman–Crippen MR) is 100 cm³/mol. The van der Waals surface area contributed by atoms with Crippen molar-refractivity contribution in [3.8, 4) is 0 Å². The normalized spacial score (nSPS) is 13.2. The molecule has 9 heteroatoms. The number of nitrogens with one attached hydrogen (secondary N) is 2. The zero-order valence-corrected chi connectivity index (χ0v) is 15.8. The van der Waals surface area contributed by atoms with E-state index in [-0.39, 0.29) is 23.3 Å². The molecule has 0 saturated carbocycles. The highest BCUT2D eigenvalue weighted by Crippen LogP contribution is 2.09. The van der Waals surface area contributed by atoms with E-state index in [4.69, 9.17) is 0 Å². The van der Waals surface area contributed by atoms with Crippen LogP contribution in [0.4, 0.5) is 0 Å². The summed E-state index contributed by atoms with van der Waals surface area (Å²) >= 11 is 0. The van der Waals surface area contributed by atoms with Crippen LogP contribution in [0.3, 0.4) is 0 Å². The van der Waals surface area contributed by atoms with Crippen molar-refractivity contribution >= 4 is 11.8 Å². The standard InChI is InChI=1S/C19H25N5O4/c1-13(2)10-17(24(27)28)23-18(25)15(11-14-6-4-3-5-7-14)22-19(26)16-12-20-8-9-21-16/h3-9,12-13,15,17,27-28H,10-11H2,1-2H3,(H,22,26)(H,23,25). The molecule has 2 unspecified atom stereocenters. The lowest BCUT2D eigenvalue weighted by Crippen LogP contribution is -2.54. The van der Waals surface area contributed by atoms with Gasteiger partial charge in [-0.05, 0) is 23.1 Å². The summed E-state index contributed by atoms with van der Waals surface area (Å²) in [6.45, 7) is 3.78. The van der Waals surface area contributed by atoms with Gasteiger partial charge >= 0.3 is 0 Å². The van der Waals surface area contributed by atoms with E-state index in [2.05, 4.69) is 20.6 Å². The molecule has 0 fully saturated rings. The molecule has 0 radical (unpaired) electrons. The van der Waals surface area contributed by atoms with Gasteiger partial charge in [-0.2, -0.15) is 0 Å². The summed E-state index contributed by atoms with van der Waals surface area (Å²) in [6, 6.07) is 8.26. The third kappa shape index (κ3) is 6.69. The lowest BCUT2D eigenvalue weighted by Gasteiger charge is -2.26. The first-order valence-corrected chi connectivity index (χ1v) is 8.95. The molecule has 0 aliphatic rings. The van der Waals surface area contributed by atoms with Gasteiger partial charge in [0.15, 0.2) is 0 Å². The Hall–Kier alpha value is -2.88. The van der Waals surface area contributed by atoms with Crippen molar-refractivity contribution in [3.63, 3.8) is 0 Å². The first-order chi connectivity index (χ1) is 13.4. The van der Waals surface area contributed by atoms with Gasteiger partial charge in [0.25, 0.3) is 5.91 Å². The zero-order chi connectivity index (χ0) is 20.5. The molecule has 150 valence electrons. The van der Waals surface area contributed by atoms with Crippen LogP contribution in [0.1, 0.15) is 36.3 Å². The number of benzene rings is 1. The minimum absolute atomic E-state index is 0.0258. The monoisotopic (exact) mass is 387 g/mol. The Kier molecular flexibility index (Phi) is 8.00. The molecule has 1 aromatic heterocycles. The fraction of sp³-hybridized carbons (Fsp3) is 0.368. The number of hydroxylamine groups is 2. The second-order valence-corrected chi connectivity index (χ2v) is 6.78. The van der Waals surface area contributed by atoms with Gasteiger partial charge in [-0.3, -0.25) is 25.0 Å². The summed E-state index contributed by atoms with van der Waals surface area (Å²) in [7, 11) is 0. The molecule has 0 aliphatic carbocycles. The summed E-state index contributed by atoms with van der Waals surface area (Å²) < 4.78 is 0. The summed E-state index contributed by atoms with van der Waals surface area (Å²) in [5, 5.41) is 24.0. The molecule has 0 saturated heterocycles. The third-order valence-corrected chi connectivity index (χ3v) is 3.98. The van der Waals surface area contributed by atoms with Gasteiger partial charge in [0, 0.05) is 18.8 Å². The van der Waals surface area contributed by atoms with Crippen LogP contribution < -0.4 is 10.6 Å². The number of carbonyl (C=O) groups is 2. The van der Waals surface area contributed by atoms with E-state index < -0.39 is 24.0 Å². The van der Waals surface area contributed by atoms with Crippen molar-refractivity contribution in [1.82, 2.24) is 25.8 Å². The molecule has 1 aromatic carbocycles. The van der Waals surface area contributed by atoms with E-state index in [9.17, 15) is 20.0 Å². The van der Waals surface area contributed by atoms with Crippen molar-refractivity contribution in [1.29, 1.82) is 0 Å². The van der Waals surface area contributed by atoms with Crippen LogP contribution in [0.25, 0.3) is 0 Å². The molecule has 2 aromatic rings. The van der Waals surface area contributed by atoms with Crippen molar-refractivity contribution in [2.24, 2.45) is 5.92 Å². The molecule has 2 rings (SSSR count). The molecular formula is C19H25N5O4. The predicted octanol–water partition coefficient (Wildman–Crippen LogP) is 1.39. The van der Waals surface area contributed by atoms with Gasteiger partial charge in [0.2, 0.25) is 5.91 Å². The molecule has 0 bridgehead atoms. The smallest absolute Gasteiger partial charge is 0.272 e. The zero-order valence-electron chi connectivity index (χ0n) is 15.8. The number of rotatable bonds is 9. The molecule has 0 spiro atoms. The van der Waals surface area contributed by atoms with E-state index in [0.29, 0.717) is 6.42 Å². The van der Waals surface area contributed by atoms with Crippen LogP contribution in [0.5, 0.6) is 0 Å². The second-order valence-electron chi connectivity index (χ2n) is 6.78. The van der Waals surface area contributed by atoms with Crippen molar-refractivity contribution in [2.45, 2.75) is 38.9 Å². The van der Waals surface area contributed by atoms with E-state index in [1.165, 1.54) is 18.6 Å². The SMILES string of the molecule is CC(C)CC(NC(=O)C(Cc1ccccc1)NC(=O)c1cnccn1)N(O)O. The minimum atomic E-state index is -1.00. The fourth-order valence-corrected chi connectivity index (χ4v) is 2.63. The number of aromatic nitrogens is 2. The van der Waals surface area contributed by atoms with Gasteiger partial charge in [0.05, 0.1) is 6.20 Å². The van der Waals surface area contributed by atoms with Crippen molar-refractivity contribution in [3.05, 3.63) is 60.2 Å². The lowest BCUT2D eigenvalue weighted by molar-refractivity contribution is -0.337. The summed E-state index contributed by atoms with van der Waals surface area (Å²) in [6.07, 6.45) is 3.67. The molecule has 2 amide bonds. The average molecular weight is 387 g/mol. The summed E-state index contributed by atoms with van der Waals surface area (Å²) in [4.78, 5) is 33.0. The maximum Gasteiger partial charge on any atom is 0.272 e. The van der Waals surface area contributed by atoms with Crippen LogP contribution >= 0.6 is 0 Å². The van der Waals surface area contributed by atoms with Crippen LogP contribution in [0.2, 0.25) is 0 Å². The first kappa shape index (κ1) is 21.4. The Morgan fingerprint density at radius 2 is 1.82 bits per heavy atom. The molecule has 9 nitrogen and oxygen atoms in total. The van der Waals surface area contributed by atoms with E-state index in [1.54, 1.807) is 0 Å². The van der Waals surface area contributed by atoms with Gasteiger partial charge < -0.3 is 10.6 Å². The lowest BCUT2D eigenvalue weighted by atomic mass is 10.0. The highest BCUT2D eigenvalue weighted by molar-refractivity contribution is 5.96. The van der Waals surface area contributed by atoms with E-state index in [1.807, 2.05) is 44.2 Å². The molecular weight excluding hydrogens is 362 g/mol. The largest absolute Gasteiger partial charge is 0.339 e. The maximum atomic E-state index is 12.8. The molecule has 1 heterocycles. The Balaban J connectivity index is 2.16. The number of nitrogens with zero attached hydrogens (tertiary/aromatic N) is 3. The molecule has 2 atom stereocenters. The highest BCUT2D eigenvalue weighted by atomic mass is 16.8. The number of hydrogen-bond donors (Lipinski definition) is 4. The topological polar surface area (TPSA) is 128 Å². The van der Waals surface area contributed by atoms with Crippen molar-refractivity contribution in [2.75, 3.05) is 0 Å². The van der Waals surface area contributed by atoms with E-state index >= 15 is 0 Å². The Labute approximate surface area is 163 Å². The van der Waals surface area contributed by atoms with Crippen LogP contribution in [0.15, 0.2) is 48.9 Å². The Morgan fingerprint density at radius 1 is 1.11 bits per heavy atom. The van der Waals surface area contributed by atoms with Crippen molar-refractivity contribution < 1.29 is 20.0 Å². The number of carbonyl (C=O) groups excluding carboxylic acids is 2. The fourth-order valence-electron chi connectivity index (χ4n) is 2.63. The third-order valence-electron chi connectivity index (χ3n) is 3.98. The minimum Gasteiger partial charge on any atom is -0.339 e. The summed E-state index contributed by atoms with van der Waals surface area (Å²) in [5.41, 5.74) is 0.922. The quantitative estimate of drug-likeness (QED) is 0.378. The van der Waals surface area contributed by atoms with Gasteiger partial charge in [-0.25, -0.2) is 4.98 Å². The Morgan fingerprint density at radius 3 is 2.39 bits per heavy atom. The number of hydrogen-bond acceptors (Lipinski definition) is 7. The summed E-state index contributed by atoms with van der Waals surface area (Å²) in [5.74, 6) is -0.983. The average Bonchev–Trinajstić information content (AvgIpc) is 2.68. The van der Waals surface area contributed by atoms with Gasteiger partial charge in [-0.15, -0.1) is 0 Å². The second kappa shape index (κ2) is 10.5. The van der Waals surface area contributed by atoms with Gasteiger partial charge in [-0.1, -0.05) is 44.2 Å².